The average Bonchev–Trinajstić information content (AvgIpc) is 2.77. The van der Waals surface area contributed by atoms with Gasteiger partial charge in [-0.1, -0.05) is 6.92 Å². The van der Waals surface area contributed by atoms with Crippen molar-refractivity contribution in [1.29, 1.82) is 0 Å². The second-order valence-electron chi connectivity index (χ2n) is 5.51. The fourth-order valence-corrected chi connectivity index (χ4v) is 3.43. The fourth-order valence-electron chi connectivity index (χ4n) is 3.43. The van der Waals surface area contributed by atoms with E-state index in [4.69, 9.17) is 9.47 Å². The quantitative estimate of drug-likeness (QED) is 0.802. The summed E-state index contributed by atoms with van der Waals surface area (Å²) in [5, 5.41) is 0. The third-order valence-corrected chi connectivity index (χ3v) is 4.29. The van der Waals surface area contributed by atoms with E-state index < -0.39 is 0 Å². The molecule has 2 aliphatic heterocycles. The van der Waals surface area contributed by atoms with E-state index in [1.807, 2.05) is 0 Å². The maximum atomic E-state index is 5.43. The third kappa shape index (κ3) is 1.77. The van der Waals surface area contributed by atoms with Crippen molar-refractivity contribution in [2.24, 2.45) is 5.92 Å². The Morgan fingerprint density at radius 2 is 1.89 bits per heavy atom. The molecule has 0 aromatic heterocycles. The Bertz CT molecular complexity index is 458. The Hall–Kier alpha value is -1.22. The zero-order chi connectivity index (χ0) is 12.7. The standard InChI is InChI=1S/C15H21NO2/c1-10-6-13-12-8-15(18-3)14(17-2)7-11(12)4-5-16(13)9-10/h7-8,10,13H,4-6,9H2,1-3H3. The molecule has 3 heteroatoms. The zero-order valence-corrected chi connectivity index (χ0v) is 11.4. The molecule has 2 atom stereocenters. The Balaban J connectivity index is 2.03. The predicted octanol–water partition coefficient (Wildman–Crippen LogP) is 2.64. The van der Waals surface area contributed by atoms with Crippen molar-refractivity contribution in [1.82, 2.24) is 4.90 Å². The van der Waals surface area contributed by atoms with Gasteiger partial charge in [-0.2, -0.15) is 0 Å². The average molecular weight is 247 g/mol. The third-order valence-electron chi connectivity index (χ3n) is 4.29. The molecule has 98 valence electrons. The normalized spacial score (nSPS) is 26.6. The lowest BCUT2D eigenvalue weighted by Crippen LogP contribution is -2.31. The summed E-state index contributed by atoms with van der Waals surface area (Å²) in [5.41, 5.74) is 2.88. The second-order valence-corrected chi connectivity index (χ2v) is 5.51. The first-order valence-corrected chi connectivity index (χ1v) is 6.71. The van der Waals surface area contributed by atoms with Crippen LogP contribution in [-0.2, 0) is 6.42 Å². The van der Waals surface area contributed by atoms with Crippen LogP contribution in [0.15, 0.2) is 12.1 Å². The maximum absolute atomic E-state index is 5.43. The van der Waals surface area contributed by atoms with Crippen molar-refractivity contribution >= 4 is 0 Å². The number of hydrogen-bond donors (Lipinski definition) is 0. The molecule has 0 amide bonds. The van der Waals surface area contributed by atoms with Crippen LogP contribution in [0.5, 0.6) is 11.5 Å². The van der Waals surface area contributed by atoms with E-state index in [1.165, 1.54) is 30.6 Å². The monoisotopic (exact) mass is 247 g/mol. The van der Waals surface area contributed by atoms with Gasteiger partial charge in [0.2, 0.25) is 0 Å². The molecule has 0 spiro atoms. The van der Waals surface area contributed by atoms with Crippen molar-refractivity contribution in [2.45, 2.75) is 25.8 Å². The minimum atomic E-state index is 0.587. The van der Waals surface area contributed by atoms with Crippen LogP contribution in [0.3, 0.4) is 0 Å². The van der Waals surface area contributed by atoms with E-state index in [9.17, 15) is 0 Å². The first kappa shape index (κ1) is 11.8. The molecule has 0 N–H and O–H groups in total. The SMILES string of the molecule is COc1cc2c(cc1OC)C1CC(C)CN1CC2. The Labute approximate surface area is 109 Å². The summed E-state index contributed by atoms with van der Waals surface area (Å²) in [6.45, 7) is 4.76. The lowest BCUT2D eigenvalue weighted by Gasteiger charge is -2.32. The molecule has 2 aliphatic rings. The van der Waals surface area contributed by atoms with Crippen LogP contribution >= 0.6 is 0 Å². The lowest BCUT2D eigenvalue weighted by molar-refractivity contribution is 0.239. The summed E-state index contributed by atoms with van der Waals surface area (Å²) in [7, 11) is 3.42. The van der Waals surface area contributed by atoms with E-state index in [-0.39, 0.29) is 0 Å². The van der Waals surface area contributed by atoms with Crippen LogP contribution in [0.2, 0.25) is 0 Å². The van der Waals surface area contributed by atoms with Crippen molar-refractivity contribution in [3.05, 3.63) is 23.3 Å². The van der Waals surface area contributed by atoms with Gasteiger partial charge in [0.1, 0.15) is 0 Å². The molecule has 0 bridgehead atoms. The highest BCUT2D eigenvalue weighted by atomic mass is 16.5. The molecular formula is C15H21NO2. The van der Waals surface area contributed by atoms with E-state index in [2.05, 4.69) is 24.0 Å². The molecule has 1 saturated heterocycles. The van der Waals surface area contributed by atoms with Gasteiger partial charge in [0.05, 0.1) is 14.2 Å². The molecule has 1 fully saturated rings. The zero-order valence-electron chi connectivity index (χ0n) is 11.4. The molecule has 3 nitrogen and oxygen atoms in total. The number of nitrogens with zero attached hydrogens (tertiary/aromatic N) is 1. The maximum Gasteiger partial charge on any atom is 0.161 e. The highest BCUT2D eigenvalue weighted by Gasteiger charge is 2.35. The van der Waals surface area contributed by atoms with Crippen molar-refractivity contribution in [2.75, 3.05) is 27.3 Å². The van der Waals surface area contributed by atoms with E-state index in [0.717, 1.165) is 23.8 Å². The molecular weight excluding hydrogens is 226 g/mol. The molecule has 0 radical (unpaired) electrons. The minimum Gasteiger partial charge on any atom is -0.493 e. The highest BCUT2D eigenvalue weighted by Crippen LogP contribution is 2.43. The number of ether oxygens (including phenoxy) is 2. The first-order chi connectivity index (χ1) is 8.72. The number of hydrogen-bond acceptors (Lipinski definition) is 3. The summed E-state index contributed by atoms with van der Waals surface area (Å²) in [6, 6.07) is 4.93. The summed E-state index contributed by atoms with van der Waals surface area (Å²) >= 11 is 0. The van der Waals surface area contributed by atoms with Crippen LogP contribution < -0.4 is 9.47 Å². The molecule has 18 heavy (non-hydrogen) atoms. The summed E-state index contributed by atoms with van der Waals surface area (Å²) in [6.07, 6.45) is 2.39. The number of benzene rings is 1. The molecule has 2 unspecified atom stereocenters. The van der Waals surface area contributed by atoms with Crippen LogP contribution in [0, 0.1) is 5.92 Å². The van der Waals surface area contributed by atoms with Crippen LogP contribution in [0.1, 0.15) is 30.5 Å². The summed E-state index contributed by atoms with van der Waals surface area (Å²) in [4.78, 5) is 2.61. The van der Waals surface area contributed by atoms with Gasteiger partial charge in [-0.05, 0) is 42.0 Å². The summed E-state index contributed by atoms with van der Waals surface area (Å²) in [5.74, 6) is 2.52. The van der Waals surface area contributed by atoms with Gasteiger partial charge in [0.25, 0.3) is 0 Å². The van der Waals surface area contributed by atoms with Crippen LogP contribution in [0.4, 0.5) is 0 Å². The largest absolute Gasteiger partial charge is 0.493 e. The lowest BCUT2D eigenvalue weighted by atomic mass is 9.91. The molecule has 1 aromatic rings. The number of rotatable bonds is 2. The molecule has 0 saturated carbocycles. The van der Waals surface area contributed by atoms with Gasteiger partial charge in [-0.25, -0.2) is 0 Å². The van der Waals surface area contributed by atoms with Gasteiger partial charge >= 0.3 is 0 Å². The minimum absolute atomic E-state index is 0.587. The van der Waals surface area contributed by atoms with Gasteiger partial charge in [-0.3, -0.25) is 4.90 Å². The highest BCUT2D eigenvalue weighted by molar-refractivity contribution is 5.49. The molecule has 3 rings (SSSR count). The number of fused-ring (bicyclic) bond motifs is 3. The van der Waals surface area contributed by atoms with Gasteiger partial charge in [0, 0.05) is 19.1 Å². The van der Waals surface area contributed by atoms with Crippen LogP contribution in [0.25, 0.3) is 0 Å². The Kier molecular flexibility index (Phi) is 2.94. The molecule has 0 aliphatic carbocycles. The van der Waals surface area contributed by atoms with E-state index in [0.29, 0.717) is 6.04 Å². The summed E-state index contributed by atoms with van der Waals surface area (Å²) < 4.78 is 10.8. The predicted molar refractivity (Wildman–Crippen MR) is 71.3 cm³/mol. The number of methoxy groups -OCH3 is 2. The fraction of sp³-hybridized carbons (Fsp3) is 0.600. The Morgan fingerprint density at radius 3 is 2.61 bits per heavy atom. The van der Waals surface area contributed by atoms with Gasteiger partial charge in [-0.15, -0.1) is 0 Å². The topological polar surface area (TPSA) is 21.7 Å². The van der Waals surface area contributed by atoms with E-state index in [1.54, 1.807) is 14.2 Å². The van der Waals surface area contributed by atoms with Crippen LogP contribution in [-0.4, -0.2) is 32.2 Å². The second kappa shape index (κ2) is 4.47. The van der Waals surface area contributed by atoms with E-state index >= 15 is 0 Å². The Morgan fingerprint density at radius 1 is 1.17 bits per heavy atom. The smallest absolute Gasteiger partial charge is 0.161 e. The van der Waals surface area contributed by atoms with Crippen molar-refractivity contribution < 1.29 is 9.47 Å². The molecule has 2 heterocycles. The van der Waals surface area contributed by atoms with Gasteiger partial charge in [0.15, 0.2) is 11.5 Å². The van der Waals surface area contributed by atoms with Crippen molar-refractivity contribution in [3.8, 4) is 11.5 Å². The molecule has 1 aromatic carbocycles. The van der Waals surface area contributed by atoms with Gasteiger partial charge < -0.3 is 9.47 Å². The van der Waals surface area contributed by atoms with Crippen molar-refractivity contribution in [3.63, 3.8) is 0 Å². The first-order valence-electron chi connectivity index (χ1n) is 6.71.